The van der Waals surface area contributed by atoms with Crippen LogP contribution < -0.4 is 0 Å². The first kappa shape index (κ1) is 30.8. The minimum Gasteiger partial charge on any atom is -0.481 e. The summed E-state index contributed by atoms with van der Waals surface area (Å²) in [6, 6.07) is 0. The Hall–Kier alpha value is -0.384. The summed E-state index contributed by atoms with van der Waals surface area (Å²) in [6.07, 6.45) is 15.7. The van der Waals surface area contributed by atoms with Gasteiger partial charge in [0.05, 0.1) is 13.0 Å². The Bertz CT molecular complexity index is 523. The third-order valence-electron chi connectivity index (χ3n) is 4.72. The molecule has 0 radical (unpaired) electrons. The fourth-order valence-corrected chi connectivity index (χ4v) is 3.70. The molecule has 170 valence electrons. The highest BCUT2D eigenvalue weighted by atomic mass is 32.2. The number of ether oxygens (including phenoxy) is 1. The lowest BCUT2D eigenvalue weighted by molar-refractivity contribution is -0.147. The number of carboxylic acid groups (broad SMARTS) is 1. The van der Waals surface area contributed by atoms with Crippen LogP contribution in [0, 0.1) is 0 Å². The number of carboxylic acids is 1. The van der Waals surface area contributed by atoms with Gasteiger partial charge in [-0.25, -0.2) is 0 Å². The van der Waals surface area contributed by atoms with Gasteiger partial charge < -0.3 is 9.84 Å². The summed E-state index contributed by atoms with van der Waals surface area (Å²) in [5.41, 5.74) is 0. The van der Waals surface area contributed by atoms with Gasteiger partial charge in [0.25, 0.3) is 10.1 Å². The Labute approximate surface area is 192 Å². The third kappa shape index (κ3) is 19.3. The van der Waals surface area contributed by atoms with Gasteiger partial charge >= 0.3 is 35.0 Å². The summed E-state index contributed by atoms with van der Waals surface area (Å²) in [7, 11) is -4.79. The highest BCUT2D eigenvalue weighted by Crippen LogP contribution is 2.13. The Morgan fingerprint density at radius 2 is 1.17 bits per heavy atom. The molecule has 0 heterocycles. The molecule has 0 aliphatic heterocycles. The van der Waals surface area contributed by atoms with E-state index in [4.69, 9.17) is 14.4 Å². The zero-order valence-corrected chi connectivity index (χ0v) is 18.1. The van der Waals surface area contributed by atoms with Crippen LogP contribution >= 0.6 is 0 Å². The average molecular weight is 449 g/mol. The molecular formula is C20H40MgO7S. The Morgan fingerprint density at radius 1 is 0.793 bits per heavy atom. The van der Waals surface area contributed by atoms with Crippen molar-refractivity contribution in [3.05, 3.63) is 0 Å². The second-order valence-electron chi connectivity index (χ2n) is 7.37. The molecule has 0 aromatic rings. The molecule has 0 saturated heterocycles. The maximum Gasteiger partial charge on any atom is 0.327 e. The van der Waals surface area contributed by atoms with Crippen LogP contribution in [0.1, 0.15) is 103 Å². The molecule has 9 heteroatoms. The van der Waals surface area contributed by atoms with E-state index in [-0.39, 0.29) is 29.7 Å². The lowest BCUT2D eigenvalue weighted by atomic mass is 10.0. The first-order chi connectivity index (χ1) is 13.3. The van der Waals surface area contributed by atoms with E-state index in [0.717, 1.165) is 19.3 Å². The molecule has 1 atom stereocenters. The lowest BCUT2D eigenvalue weighted by Gasteiger charge is -2.11. The number of unbranched alkanes of at least 4 members (excludes halogenated alkanes) is 13. The van der Waals surface area contributed by atoms with E-state index < -0.39 is 33.7 Å². The molecule has 0 aliphatic rings. The largest absolute Gasteiger partial charge is 0.481 e. The van der Waals surface area contributed by atoms with Gasteiger partial charge in [0.1, 0.15) is 0 Å². The second-order valence-corrected chi connectivity index (χ2v) is 8.96. The van der Waals surface area contributed by atoms with E-state index in [9.17, 15) is 18.0 Å². The van der Waals surface area contributed by atoms with Crippen molar-refractivity contribution < 1.29 is 32.4 Å². The molecule has 0 spiro atoms. The fraction of sp³-hybridized carbons (Fsp3) is 0.900. The molecule has 0 aliphatic carbocycles. The van der Waals surface area contributed by atoms with Crippen LogP contribution in [-0.4, -0.2) is 64.9 Å². The van der Waals surface area contributed by atoms with Gasteiger partial charge in [-0.3, -0.25) is 14.1 Å². The molecule has 0 aromatic heterocycles. The number of carbonyl (C=O) groups is 2. The van der Waals surface area contributed by atoms with Gasteiger partial charge in [-0.05, 0) is 6.42 Å². The second kappa shape index (κ2) is 19.6. The van der Waals surface area contributed by atoms with Gasteiger partial charge in [-0.1, -0.05) is 90.4 Å². The quantitative estimate of drug-likeness (QED) is 0.133. The molecular weight excluding hydrogens is 409 g/mol. The summed E-state index contributed by atoms with van der Waals surface area (Å²) in [5.74, 6) is -2.70. The summed E-state index contributed by atoms with van der Waals surface area (Å²) in [6.45, 7) is 2.26. The van der Waals surface area contributed by atoms with Crippen molar-refractivity contribution in [2.75, 3.05) is 6.61 Å². The standard InChI is InChI=1S/C20H38O7S.Mg.2H/c1-2-3-4-5-6-7-8-9-10-11-12-13-14-15-16-27-20(23)18(17-19(21)22)28(24,25)26;;;/h18H,2-17H2,1H3,(H,21,22)(H,24,25,26);;;. The molecule has 0 rings (SSSR count). The number of aliphatic carboxylic acids is 1. The number of carbonyl (C=O) groups excluding carboxylic acids is 1. The minimum absolute atomic E-state index is 0. The van der Waals surface area contributed by atoms with Crippen molar-refractivity contribution in [3.8, 4) is 0 Å². The number of esters is 1. The molecule has 0 bridgehead atoms. The van der Waals surface area contributed by atoms with Gasteiger partial charge in [0, 0.05) is 0 Å². The van der Waals surface area contributed by atoms with Crippen molar-refractivity contribution >= 4 is 45.1 Å². The highest BCUT2D eigenvalue weighted by molar-refractivity contribution is 7.87. The normalized spacial score (nSPS) is 12.2. The summed E-state index contributed by atoms with van der Waals surface area (Å²) >= 11 is 0. The van der Waals surface area contributed by atoms with Crippen molar-refractivity contribution in [1.29, 1.82) is 0 Å². The smallest absolute Gasteiger partial charge is 0.327 e. The summed E-state index contributed by atoms with van der Waals surface area (Å²) < 4.78 is 35.8. The molecule has 0 saturated carbocycles. The Balaban J connectivity index is 0. The maximum atomic E-state index is 11.6. The van der Waals surface area contributed by atoms with E-state index in [1.165, 1.54) is 64.2 Å². The Kier molecular flexibility index (Phi) is 20.8. The first-order valence-corrected chi connectivity index (χ1v) is 12.1. The maximum absolute atomic E-state index is 11.6. The molecule has 0 amide bonds. The van der Waals surface area contributed by atoms with Gasteiger partial charge in [0.15, 0.2) is 5.25 Å². The van der Waals surface area contributed by atoms with Gasteiger partial charge in [-0.15, -0.1) is 0 Å². The predicted octanol–water partition coefficient (Wildman–Crippen LogP) is 3.83. The summed E-state index contributed by atoms with van der Waals surface area (Å²) in [4.78, 5) is 22.2. The minimum atomic E-state index is -4.79. The molecule has 29 heavy (non-hydrogen) atoms. The number of rotatable bonds is 19. The van der Waals surface area contributed by atoms with Crippen molar-refractivity contribution in [2.24, 2.45) is 0 Å². The Morgan fingerprint density at radius 3 is 1.52 bits per heavy atom. The van der Waals surface area contributed by atoms with Crippen LogP contribution in [0.5, 0.6) is 0 Å². The lowest BCUT2D eigenvalue weighted by Crippen LogP contribution is -2.34. The van der Waals surface area contributed by atoms with Crippen LogP contribution in [0.25, 0.3) is 0 Å². The molecule has 0 fully saturated rings. The zero-order valence-electron chi connectivity index (χ0n) is 17.2. The summed E-state index contributed by atoms with van der Waals surface area (Å²) in [5, 5.41) is 6.56. The monoisotopic (exact) mass is 448 g/mol. The third-order valence-corrected chi connectivity index (χ3v) is 5.80. The topological polar surface area (TPSA) is 118 Å². The fourth-order valence-electron chi connectivity index (χ4n) is 3.03. The zero-order chi connectivity index (χ0) is 21.3. The van der Waals surface area contributed by atoms with Gasteiger partial charge in [-0.2, -0.15) is 8.42 Å². The van der Waals surface area contributed by atoms with E-state index >= 15 is 0 Å². The first-order valence-electron chi connectivity index (χ1n) is 10.6. The SMILES string of the molecule is CCCCCCCCCCCCCCCCOC(=O)C(CC(=O)O)S(=O)(=O)O.[MgH2]. The van der Waals surface area contributed by atoms with E-state index in [2.05, 4.69) is 6.92 Å². The number of hydrogen-bond acceptors (Lipinski definition) is 5. The van der Waals surface area contributed by atoms with Crippen LogP contribution in [0.15, 0.2) is 0 Å². The number of hydrogen-bond donors (Lipinski definition) is 2. The molecule has 2 N–H and O–H groups in total. The van der Waals surface area contributed by atoms with Crippen molar-refractivity contribution in [1.82, 2.24) is 0 Å². The molecule has 1 unspecified atom stereocenters. The van der Waals surface area contributed by atoms with Crippen molar-refractivity contribution in [2.45, 2.75) is 108 Å². The van der Waals surface area contributed by atoms with E-state index in [1.54, 1.807) is 0 Å². The van der Waals surface area contributed by atoms with Crippen LogP contribution in [0.2, 0.25) is 0 Å². The highest BCUT2D eigenvalue weighted by Gasteiger charge is 2.34. The van der Waals surface area contributed by atoms with Crippen LogP contribution in [-0.2, 0) is 24.4 Å². The van der Waals surface area contributed by atoms with E-state index in [1.807, 2.05) is 0 Å². The van der Waals surface area contributed by atoms with Crippen LogP contribution in [0.4, 0.5) is 0 Å². The van der Waals surface area contributed by atoms with Gasteiger partial charge in [0.2, 0.25) is 0 Å². The predicted molar refractivity (Wildman–Crippen MR) is 117 cm³/mol. The molecule has 0 aromatic carbocycles. The van der Waals surface area contributed by atoms with Crippen molar-refractivity contribution in [3.63, 3.8) is 0 Å². The average Bonchev–Trinajstić information content (AvgIpc) is 2.61. The molecule has 7 nitrogen and oxygen atoms in total. The van der Waals surface area contributed by atoms with Crippen LogP contribution in [0.3, 0.4) is 0 Å². The van der Waals surface area contributed by atoms with E-state index in [0.29, 0.717) is 6.42 Å².